The lowest BCUT2D eigenvalue weighted by Crippen LogP contribution is -2.39. The summed E-state index contributed by atoms with van der Waals surface area (Å²) in [6.45, 7) is 3.94. The van der Waals surface area contributed by atoms with Crippen LogP contribution in [0.15, 0.2) is 66.7 Å². The average Bonchev–Trinajstić information content (AvgIpc) is 2.68. The van der Waals surface area contributed by atoms with E-state index in [1.54, 1.807) is 7.11 Å². The third-order valence-electron chi connectivity index (χ3n) is 4.52. The monoisotopic (exact) mass is 348 g/mol. The van der Waals surface area contributed by atoms with Crippen molar-refractivity contribution in [1.29, 1.82) is 0 Å². The van der Waals surface area contributed by atoms with Crippen LogP contribution in [-0.2, 0) is 4.79 Å². The summed E-state index contributed by atoms with van der Waals surface area (Å²) in [7, 11) is 1.62. The highest BCUT2D eigenvalue weighted by atomic mass is 16.5. The molecule has 2 atom stereocenters. The third kappa shape index (κ3) is 4.21. The number of methoxy groups -OCH3 is 1. The smallest absolute Gasteiger partial charge is 0.241 e. The second-order valence-corrected chi connectivity index (χ2v) is 6.43. The largest absolute Gasteiger partial charge is 0.497 e. The van der Waals surface area contributed by atoms with Gasteiger partial charge < -0.3 is 10.1 Å². The third-order valence-corrected chi connectivity index (χ3v) is 4.52. The van der Waals surface area contributed by atoms with Gasteiger partial charge in [-0.1, -0.05) is 36.4 Å². The zero-order valence-electron chi connectivity index (χ0n) is 15.3. The molecule has 0 bridgehead atoms. The Morgan fingerprint density at radius 3 is 2.31 bits per heavy atom. The van der Waals surface area contributed by atoms with Gasteiger partial charge in [0.05, 0.1) is 13.2 Å². The van der Waals surface area contributed by atoms with E-state index in [-0.39, 0.29) is 18.0 Å². The summed E-state index contributed by atoms with van der Waals surface area (Å²) in [6.07, 6.45) is 0. The van der Waals surface area contributed by atoms with Gasteiger partial charge in [0.1, 0.15) is 5.75 Å². The van der Waals surface area contributed by atoms with Gasteiger partial charge in [0.2, 0.25) is 5.91 Å². The lowest BCUT2D eigenvalue weighted by atomic mass is 10.0. The van der Waals surface area contributed by atoms with Gasteiger partial charge in [0, 0.05) is 11.7 Å². The quantitative estimate of drug-likeness (QED) is 0.688. The maximum Gasteiger partial charge on any atom is 0.241 e. The molecule has 0 fully saturated rings. The van der Waals surface area contributed by atoms with Crippen molar-refractivity contribution in [2.75, 3.05) is 12.4 Å². The first-order chi connectivity index (χ1) is 12.6. The number of nitrogens with one attached hydrogen (secondary N) is 2. The Balaban J connectivity index is 1.63. The molecule has 4 heteroatoms. The van der Waals surface area contributed by atoms with E-state index in [0.717, 1.165) is 17.0 Å². The van der Waals surface area contributed by atoms with E-state index < -0.39 is 0 Å². The number of hydrogen-bond donors (Lipinski definition) is 2. The highest BCUT2D eigenvalue weighted by molar-refractivity contribution is 5.94. The van der Waals surface area contributed by atoms with Gasteiger partial charge in [0.25, 0.3) is 0 Å². The predicted octanol–water partition coefficient (Wildman–Crippen LogP) is 4.53. The topological polar surface area (TPSA) is 50.4 Å². The van der Waals surface area contributed by atoms with Crippen LogP contribution in [0.1, 0.15) is 25.5 Å². The van der Waals surface area contributed by atoms with Crippen molar-refractivity contribution < 1.29 is 9.53 Å². The summed E-state index contributed by atoms with van der Waals surface area (Å²) in [5, 5.41) is 8.71. The summed E-state index contributed by atoms with van der Waals surface area (Å²) in [4.78, 5) is 12.4. The van der Waals surface area contributed by atoms with Crippen molar-refractivity contribution in [1.82, 2.24) is 5.32 Å². The molecule has 1 amide bonds. The molecule has 0 aromatic heterocycles. The van der Waals surface area contributed by atoms with E-state index in [2.05, 4.69) is 47.9 Å². The van der Waals surface area contributed by atoms with Crippen molar-refractivity contribution in [3.8, 4) is 5.75 Å². The molecule has 2 N–H and O–H groups in total. The van der Waals surface area contributed by atoms with Crippen LogP contribution in [0.4, 0.5) is 5.69 Å². The van der Waals surface area contributed by atoms with Gasteiger partial charge in [-0.15, -0.1) is 0 Å². The first-order valence-corrected chi connectivity index (χ1v) is 8.76. The number of ether oxygens (including phenoxy) is 1. The Labute approximate surface area is 154 Å². The average molecular weight is 348 g/mol. The van der Waals surface area contributed by atoms with Gasteiger partial charge >= 0.3 is 0 Å². The number of hydrogen-bond acceptors (Lipinski definition) is 3. The fourth-order valence-electron chi connectivity index (χ4n) is 2.95. The Bertz CT molecular complexity index is 890. The zero-order chi connectivity index (χ0) is 18.5. The fourth-order valence-corrected chi connectivity index (χ4v) is 2.95. The Kier molecular flexibility index (Phi) is 5.54. The van der Waals surface area contributed by atoms with E-state index in [4.69, 9.17) is 4.74 Å². The van der Waals surface area contributed by atoms with Gasteiger partial charge in [-0.2, -0.15) is 0 Å². The van der Waals surface area contributed by atoms with Crippen molar-refractivity contribution in [3.05, 3.63) is 72.3 Å². The maximum absolute atomic E-state index is 12.4. The number of carbonyl (C=O) groups is 1. The summed E-state index contributed by atoms with van der Waals surface area (Å²) in [5.74, 6) is 0.696. The Hall–Kier alpha value is -2.85. The number of benzene rings is 3. The van der Waals surface area contributed by atoms with Gasteiger partial charge in [-0.05, 0) is 60.5 Å². The SMILES string of the molecule is COc1ccc(NC(=O)[C@@H](C)N[C@@H](C)c2ccc3ccccc3c2)cc1. The summed E-state index contributed by atoms with van der Waals surface area (Å²) >= 11 is 0. The van der Waals surface area contributed by atoms with Crippen LogP contribution in [0.3, 0.4) is 0 Å². The van der Waals surface area contributed by atoms with Gasteiger partial charge in [-0.3, -0.25) is 10.1 Å². The van der Waals surface area contributed by atoms with E-state index in [1.807, 2.05) is 43.3 Å². The van der Waals surface area contributed by atoms with Crippen LogP contribution in [0, 0.1) is 0 Å². The van der Waals surface area contributed by atoms with Crippen LogP contribution < -0.4 is 15.4 Å². The summed E-state index contributed by atoms with van der Waals surface area (Å²) in [5.41, 5.74) is 1.91. The van der Waals surface area contributed by atoms with Gasteiger partial charge in [-0.25, -0.2) is 0 Å². The minimum Gasteiger partial charge on any atom is -0.497 e. The molecular formula is C22H24N2O2. The minimum atomic E-state index is -0.321. The fraction of sp³-hybridized carbons (Fsp3) is 0.227. The molecule has 0 aliphatic rings. The van der Waals surface area contributed by atoms with Crippen LogP contribution in [0.25, 0.3) is 10.8 Å². The lowest BCUT2D eigenvalue weighted by Gasteiger charge is -2.20. The van der Waals surface area contributed by atoms with E-state index in [9.17, 15) is 4.79 Å². The van der Waals surface area contributed by atoms with Crippen LogP contribution in [0.2, 0.25) is 0 Å². The number of carbonyl (C=O) groups excluding carboxylic acids is 1. The molecule has 0 radical (unpaired) electrons. The molecule has 134 valence electrons. The molecule has 0 unspecified atom stereocenters. The molecule has 3 aromatic rings. The maximum atomic E-state index is 12.4. The number of anilines is 1. The second-order valence-electron chi connectivity index (χ2n) is 6.43. The highest BCUT2D eigenvalue weighted by Gasteiger charge is 2.16. The predicted molar refractivity (Wildman–Crippen MR) is 107 cm³/mol. The standard InChI is InChI=1S/C22H24N2O2/c1-15(18-9-8-17-6-4-5-7-19(17)14-18)23-16(2)22(25)24-20-10-12-21(26-3)13-11-20/h4-16,23H,1-3H3,(H,24,25)/t15-,16+/m0/s1. The van der Waals surface area contributed by atoms with E-state index in [1.165, 1.54) is 10.8 Å². The molecule has 0 aliphatic carbocycles. The van der Waals surface area contributed by atoms with Crippen molar-refractivity contribution in [2.45, 2.75) is 25.9 Å². The second kappa shape index (κ2) is 8.02. The molecule has 0 spiro atoms. The molecule has 26 heavy (non-hydrogen) atoms. The molecule has 0 saturated carbocycles. The van der Waals surface area contributed by atoms with Crippen LogP contribution in [-0.4, -0.2) is 19.1 Å². The zero-order valence-corrected chi connectivity index (χ0v) is 15.3. The summed E-state index contributed by atoms with van der Waals surface area (Å²) in [6, 6.07) is 21.7. The van der Waals surface area contributed by atoms with Crippen LogP contribution >= 0.6 is 0 Å². The molecular weight excluding hydrogens is 324 g/mol. The summed E-state index contributed by atoms with van der Waals surface area (Å²) < 4.78 is 5.13. The highest BCUT2D eigenvalue weighted by Crippen LogP contribution is 2.21. The minimum absolute atomic E-state index is 0.0659. The molecule has 0 heterocycles. The Morgan fingerprint density at radius 2 is 1.62 bits per heavy atom. The first kappa shape index (κ1) is 18.0. The number of amides is 1. The lowest BCUT2D eigenvalue weighted by molar-refractivity contribution is -0.117. The normalized spacial score (nSPS) is 13.2. The Morgan fingerprint density at radius 1 is 0.923 bits per heavy atom. The van der Waals surface area contributed by atoms with E-state index in [0.29, 0.717) is 0 Å². The number of fused-ring (bicyclic) bond motifs is 1. The van der Waals surface area contributed by atoms with Gasteiger partial charge in [0.15, 0.2) is 0 Å². The van der Waals surface area contributed by atoms with Crippen molar-refractivity contribution in [3.63, 3.8) is 0 Å². The van der Waals surface area contributed by atoms with Crippen molar-refractivity contribution >= 4 is 22.4 Å². The first-order valence-electron chi connectivity index (χ1n) is 8.76. The molecule has 3 rings (SSSR count). The number of rotatable bonds is 6. The molecule has 0 aliphatic heterocycles. The van der Waals surface area contributed by atoms with Crippen LogP contribution in [0.5, 0.6) is 5.75 Å². The van der Waals surface area contributed by atoms with E-state index >= 15 is 0 Å². The van der Waals surface area contributed by atoms with Crippen molar-refractivity contribution in [2.24, 2.45) is 0 Å². The molecule has 4 nitrogen and oxygen atoms in total. The molecule has 3 aromatic carbocycles. The molecule has 0 saturated heterocycles.